The van der Waals surface area contributed by atoms with Crippen LogP contribution in [0.2, 0.25) is 0 Å². The van der Waals surface area contributed by atoms with Crippen LogP contribution in [-0.4, -0.2) is 17.8 Å². The van der Waals surface area contributed by atoms with Gasteiger partial charge in [-0.1, -0.05) is 31.1 Å². The van der Waals surface area contributed by atoms with Gasteiger partial charge < -0.3 is 14.3 Å². The molecule has 0 amide bonds. The van der Waals surface area contributed by atoms with E-state index in [1.807, 2.05) is 12.1 Å². The molecule has 150 valence electrons. The van der Waals surface area contributed by atoms with Gasteiger partial charge >= 0.3 is 5.63 Å². The van der Waals surface area contributed by atoms with E-state index in [0.29, 0.717) is 23.9 Å². The van der Waals surface area contributed by atoms with E-state index in [-0.39, 0.29) is 17.1 Å². The monoisotopic (exact) mass is 382 g/mol. The minimum absolute atomic E-state index is 0.0926. The summed E-state index contributed by atoms with van der Waals surface area (Å²) in [5.74, 6) is 1.07. The molecule has 1 aromatic carbocycles. The Balaban J connectivity index is 1.57. The Morgan fingerprint density at radius 3 is 2.86 bits per heavy atom. The van der Waals surface area contributed by atoms with E-state index in [0.717, 1.165) is 24.6 Å². The molecular formula is C24H30O4. The van der Waals surface area contributed by atoms with Crippen molar-refractivity contribution >= 4 is 11.0 Å². The molecule has 0 aliphatic heterocycles. The Morgan fingerprint density at radius 1 is 1.32 bits per heavy atom. The molecule has 1 aliphatic rings. The van der Waals surface area contributed by atoms with Gasteiger partial charge in [0.25, 0.3) is 0 Å². The highest BCUT2D eigenvalue weighted by molar-refractivity contribution is 5.77. The Hall–Kier alpha value is -2.33. The lowest BCUT2D eigenvalue weighted by molar-refractivity contribution is 0.00848. The Labute approximate surface area is 166 Å². The summed E-state index contributed by atoms with van der Waals surface area (Å²) in [5, 5.41) is 11.2. The molecule has 28 heavy (non-hydrogen) atoms. The van der Waals surface area contributed by atoms with Crippen LogP contribution in [0, 0.1) is 11.3 Å². The largest absolute Gasteiger partial charge is 0.489 e. The van der Waals surface area contributed by atoms with E-state index in [1.165, 1.54) is 17.2 Å². The van der Waals surface area contributed by atoms with E-state index in [1.54, 1.807) is 12.1 Å². The second kappa shape index (κ2) is 8.36. The zero-order valence-corrected chi connectivity index (χ0v) is 17.2. The van der Waals surface area contributed by atoms with Gasteiger partial charge in [-0.05, 0) is 68.7 Å². The second-order valence-electron chi connectivity index (χ2n) is 8.43. The van der Waals surface area contributed by atoms with Crippen LogP contribution in [0.1, 0.15) is 47.0 Å². The molecule has 0 bridgehead atoms. The Morgan fingerprint density at radius 2 is 2.07 bits per heavy atom. The van der Waals surface area contributed by atoms with Crippen molar-refractivity contribution in [3.8, 4) is 5.75 Å². The molecule has 2 aromatic rings. The molecule has 4 nitrogen and oxygen atoms in total. The Kier molecular flexibility index (Phi) is 6.09. The zero-order valence-electron chi connectivity index (χ0n) is 17.2. The maximum Gasteiger partial charge on any atom is 0.336 e. The molecule has 0 saturated heterocycles. The van der Waals surface area contributed by atoms with Crippen molar-refractivity contribution in [2.24, 2.45) is 11.3 Å². The quantitative estimate of drug-likeness (QED) is 0.547. The standard InChI is InChI=1S/C24H30O4/c1-16(5-10-20-17(2)6-11-22(25)24(20,3)4)13-14-27-19-9-7-18-8-12-23(26)28-21(18)15-19/h6-9,12-13,15,20,22,25H,5,10-11,14H2,1-4H3/b16-13+/t20-,22+/m0/s1. The van der Waals surface area contributed by atoms with Crippen LogP contribution in [0.4, 0.5) is 0 Å². The van der Waals surface area contributed by atoms with Gasteiger partial charge in [0.1, 0.15) is 17.9 Å². The first-order valence-electron chi connectivity index (χ1n) is 9.94. The minimum atomic E-state index is -0.361. The van der Waals surface area contributed by atoms with Crippen LogP contribution < -0.4 is 10.4 Å². The van der Waals surface area contributed by atoms with E-state index in [2.05, 4.69) is 39.8 Å². The van der Waals surface area contributed by atoms with Crippen LogP contribution in [-0.2, 0) is 0 Å². The third kappa shape index (κ3) is 4.56. The van der Waals surface area contributed by atoms with Crippen molar-refractivity contribution in [2.45, 2.75) is 53.1 Å². The third-order valence-corrected chi connectivity index (χ3v) is 6.07. The van der Waals surface area contributed by atoms with Crippen molar-refractivity contribution < 1.29 is 14.3 Å². The molecule has 1 N–H and O–H groups in total. The summed E-state index contributed by atoms with van der Waals surface area (Å²) in [4.78, 5) is 11.4. The number of fused-ring (bicyclic) bond motifs is 1. The first-order valence-corrected chi connectivity index (χ1v) is 9.94. The van der Waals surface area contributed by atoms with Crippen LogP contribution in [0.3, 0.4) is 0 Å². The fraction of sp³-hybridized carbons (Fsp3) is 0.458. The number of ether oxygens (including phenoxy) is 1. The van der Waals surface area contributed by atoms with E-state index < -0.39 is 0 Å². The maximum absolute atomic E-state index is 11.4. The lowest BCUT2D eigenvalue weighted by Gasteiger charge is -2.42. The molecule has 0 radical (unpaired) electrons. The number of hydrogen-bond donors (Lipinski definition) is 1. The molecule has 0 saturated carbocycles. The second-order valence-corrected chi connectivity index (χ2v) is 8.43. The van der Waals surface area contributed by atoms with Crippen LogP contribution in [0.5, 0.6) is 5.75 Å². The van der Waals surface area contributed by atoms with Crippen molar-refractivity contribution in [3.63, 3.8) is 0 Å². The molecule has 1 aliphatic carbocycles. The first-order chi connectivity index (χ1) is 13.3. The fourth-order valence-electron chi connectivity index (χ4n) is 4.05. The van der Waals surface area contributed by atoms with E-state index >= 15 is 0 Å². The molecule has 0 fully saturated rings. The van der Waals surface area contributed by atoms with Crippen LogP contribution >= 0.6 is 0 Å². The predicted octanol–water partition coefficient (Wildman–Crippen LogP) is 5.25. The van der Waals surface area contributed by atoms with Gasteiger partial charge in [-0.25, -0.2) is 4.79 Å². The summed E-state index contributed by atoms with van der Waals surface area (Å²) in [6.45, 7) is 9.10. The third-order valence-electron chi connectivity index (χ3n) is 6.07. The van der Waals surface area contributed by atoms with Crippen molar-refractivity contribution in [1.29, 1.82) is 0 Å². The van der Waals surface area contributed by atoms with E-state index in [9.17, 15) is 9.90 Å². The van der Waals surface area contributed by atoms with Gasteiger partial charge in [0.15, 0.2) is 0 Å². The average Bonchev–Trinajstić information content (AvgIpc) is 2.64. The van der Waals surface area contributed by atoms with Crippen molar-refractivity contribution in [1.82, 2.24) is 0 Å². The minimum Gasteiger partial charge on any atom is -0.489 e. The molecule has 2 atom stereocenters. The predicted molar refractivity (Wildman–Crippen MR) is 113 cm³/mol. The fourth-order valence-corrected chi connectivity index (χ4v) is 4.05. The Bertz CT molecular complexity index is 948. The highest BCUT2D eigenvalue weighted by Gasteiger charge is 2.38. The van der Waals surface area contributed by atoms with Gasteiger partial charge in [0, 0.05) is 17.5 Å². The van der Waals surface area contributed by atoms with Gasteiger partial charge in [0.05, 0.1) is 6.10 Å². The van der Waals surface area contributed by atoms with Crippen LogP contribution in [0.15, 0.2) is 62.8 Å². The molecular weight excluding hydrogens is 352 g/mol. The number of rotatable bonds is 6. The first kappa shape index (κ1) is 20.4. The topological polar surface area (TPSA) is 59.7 Å². The number of hydrogen-bond acceptors (Lipinski definition) is 4. The van der Waals surface area contributed by atoms with Gasteiger partial charge in [-0.15, -0.1) is 0 Å². The highest BCUT2D eigenvalue weighted by atomic mass is 16.5. The molecule has 1 aromatic heterocycles. The smallest absolute Gasteiger partial charge is 0.336 e. The van der Waals surface area contributed by atoms with Crippen molar-refractivity contribution in [2.75, 3.05) is 6.61 Å². The number of aliphatic hydroxyl groups excluding tert-OH is 1. The normalized spacial score (nSPS) is 22.2. The van der Waals surface area contributed by atoms with Crippen LogP contribution in [0.25, 0.3) is 11.0 Å². The number of benzene rings is 1. The molecule has 0 unspecified atom stereocenters. The van der Waals surface area contributed by atoms with Crippen molar-refractivity contribution in [3.05, 3.63) is 64.1 Å². The number of allylic oxidation sites excluding steroid dienone is 2. The average molecular weight is 383 g/mol. The summed E-state index contributed by atoms with van der Waals surface area (Å²) in [7, 11) is 0. The SMILES string of the molecule is CC1=CC[C@@H](O)C(C)(C)[C@H]1CC/C(C)=C/COc1ccc2ccc(=O)oc2c1. The zero-order chi connectivity index (χ0) is 20.3. The summed E-state index contributed by atoms with van der Waals surface area (Å²) in [6, 6.07) is 8.68. The summed E-state index contributed by atoms with van der Waals surface area (Å²) in [6.07, 6.45) is 6.75. The summed E-state index contributed by atoms with van der Waals surface area (Å²) < 4.78 is 11.0. The van der Waals surface area contributed by atoms with Gasteiger partial charge in [-0.2, -0.15) is 0 Å². The lowest BCUT2D eigenvalue weighted by atomic mass is 9.65. The number of aliphatic hydroxyl groups is 1. The summed E-state index contributed by atoms with van der Waals surface area (Å²) in [5.41, 5.74) is 2.74. The van der Waals surface area contributed by atoms with E-state index in [4.69, 9.17) is 9.15 Å². The highest BCUT2D eigenvalue weighted by Crippen LogP contribution is 2.43. The van der Waals surface area contributed by atoms with Gasteiger partial charge in [0.2, 0.25) is 0 Å². The molecule has 3 rings (SSSR count). The van der Waals surface area contributed by atoms with Gasteiger partial charge in [-0.3, -0.25) is 0 Å². The molecule has 1 heterocycles. The lowest BCUT2D eigenvalue weighted by Crippen LogP contribution is -2.39. The maximum atomic E-state index is 11.4. The molecule has 4 heteroatoms. The molecule has 0 spiro atoms. The summed E-state index contributed by atoms with van der Waals surface area (Å²) >= 11 is 0.